The van der Waals surface area contributed by atoms with Gasteiger partial charge in [0.1, 0.15) is 98.0 Å². The summed E-state index contributed by atoms with van der Waals surface area (Å²) < 4.78 is 282. The van der Waals surface area contributed by atoms with E-state index in [0.29, 0.717) is 103 Å². The second-order valence-corrected chi connectivity index (χ2v) is 40.5. The lowest BCUT2D eigenvalue weighted by Crippen LogP contribution is -2.58. The molecule has 8 atom stereocenters. The van der Waals surface area contributed by atoms with Crippen LogP contribution >= 0.6 is 0 Å². The number of pyridine rings is 5. The van der Waals surface area contributed by atoms with E-state index in [4.69, 9.17) is 9.47 Å². The van der Waals surface area contributed by atoms with Gasteiger partial charge in [0.05, 0.1) is 42.4 Å². The second-order valence-electron chi connectivity index (χ2n) is 40.5. The summed E-state index contributed by atoms with van der Waals surface area (Å²) in [6.07, 6.45) is 1.87. The minimum absolute atomic E-state index is 0.0129. The molecule has 0 aliphatic heterocycles. The molecule has 49 heteroatoms. The zero-order valence-electron chi connectivity index (χ0n) is 84.5. The van der Waals surface area contributed by atoms with Crippen LogP contribution in [0.15, 0.2) is 123 Å². The lowest BCUT2D eigenvalue weighted by atomic mass is 9.64. The molecule has 0 bridgehead atoms. The van der Waals surface area contributed by atoms with Gasteiger partial charge < -0.3 is 61.9 Å². The maximum Gasteiger partial charge on any atom is 0.433 e. The number of nitrogens with zero attached hydrogens (tertiary/aromatic N) is 17. The highest BCUT2D eigenvalue weighted by Gasteiger charge is 2.54. The average Bonchev–Trinajstić information content (AvgIpc) is 0.762. The number of aliphatic hydroxyl groups excluding tert-OH is 2. The number of hydrogen-bond donors (Lipinski definition) is 9. The van der Waals surface area contributed by atoms with E-state index in [1.807, 2.05) is 47.6 Å². The molecule has 29 nitrogen and oxygen atoms in total. The van der Waals surface area contributed by atoms with Gasteiger partial charge in [-0.3, -0.25) is 19.9 Å². The summed E-state index contributed by atoms with van der Waals surface area (Å²) in [5, 5.41) is 77.7. The monoisotopic (exact) mass is 2130 g/mol. The van der Waals surface area contributed by atoms with E-state index in [-0.39, 0.29) is 178 Å². The van der Waals surface area contributed by atoms with Crippen molar-refractivity contribution in [3.63, 3.8) is 0 Å². The first-order valence-electron chi connectivity index (χ1n) is 47.7. The minimum Gasteiger partial charge on any atom is -0.619 e. The molecule has 10 aromatic rings. The van der Waals surface area contributed by atoms with Gasteiger partial charge in [-0.15, -0.1) is 0 Å². The van der Waals surface area contributed by atoms with E-state index in [9.17, 15) is 119 Å². The molecule has 812 valence electrons. The number of aryl methyl sites for hydroxylation is 8. The van der Waals surface area contributed by atoms with E-state index in [1.165, 1.54) is 79.9 Å². The van der Waals surface area contributed by atoms with E-state index in [1.54, 1.807) is 35.0 Å². The highest BCUT2D eigenvalue weighted by Crippen LogP contribution is 2.50. The molecule has 5 fully saturated rings. The highest BCUT2D eigenvalue weighted by atomic mass is 19.4. The molecule has 0 amide bonds. The predicted molar refractivity (Wildman–Crippen MR) is 511 cm³/mol. The number of aliphatic hydroxyl groups is 3. The average molecular weight is 2130 g/mol. The van der Waals surface area contributed by atoms with Crippen LogP contribution in [0.5, 0.6) is 0 Å². The standard InChI is InChI=1S/2C21H25F5N4O.C20H23F5N4O2.C20H23F2N5O.C19H21F3N6O/c2*1-19(2)15(9-16(19)31-4)29-18-14(21(24,25)26)11-28-17(30-18)6-5-12-10-27-8-7-13(12)20(3,22)23;1-18(2)14(8-15(18)30)27-17-13(20(23,24)25)9-26-16(28-17)5-4-11-10-29(31)7-6-12(11)19(3,21)22;1-19(2)15(8-16(19)28)26-18-13(9-23)11-25-17(27-18)5-4-12-10-24-7-6-14(12)20(3,21)22;1-18(29)6-4-14(5-7-18)27-16-13(9-23)11-26-17(28-16)25-10-12-3-2-8-24-15(12)19(20,21)22/h2*7-8,10-11,15-16H,5-6,9H2,1-4H3,(H,28,29,30);6-7,9-10,14-15,30H,4-5,8H2,1-3H3,(H,26,27,28);6-7,10-11,15-16,28H,4-5,8H2,1-3H3,(H,25,26,27);2-3,8,11,14,29H,4-7,10H2,1H3,(H2,25,26,27,28)/t;;14-,15-;15-,16-;/m..11./s1. The lowest BCUT2D eigenvalue weighted by molar-refractivity contribution is -0.606. The predicted octanol–water partition coefficient (Wildman–Crippen LogP) is 20.3. The zero-order chi connectivity index (χ0) is 111. The van der Waals surface area contributed by atoms with Crippen LogP contribution in [0, 0.1) is 49.5 Å². The van der Waals surface area contributed by atoms with Gasteiger partial charge in [0.15, 0.2) is 12.4 Å². The van der Waals surface area contributed by atoms with Gasteiger partial charge in [0, 0.05) is 227 Å². The molecule has 9 N–H and O–H groups in total. The molecular formula is C101H117F20N23O6. The molecule has 10 heterocycles. The molecule has 0 spiro atoms. The van der Waals surface area contributed by atoms with Crippen LogP contribution in [-0.2, 0) is 116 Å². The van der Waals surface area contributed by atoms with Crippen molar-refractivity contribution >= 4 is 35.0 Å². The Kier molecular flexibility index (Phi) is 36.4. The number of hydrogen-bond acceptors (Lipinski definition) is 28. The number of nitrogens with one attached hydrogen (secondary N) is 6. The number of rotatable bonds is 31. The summed E-state index contributed by atoms with van der Waals surface area (Å²) in [6.45, 7) is 19.8. The Bertz CT molecular complexity index is 6220. The molecular weight excluding hydrogens is 2010 g/mol. The molecule has 0 radical (unpaired) electrons. The van der Waals surface area contributed by atoms with Crippen LogP contribution in [0.4, 0.5) is 123 Å². The third-order valence-corrected chi connectivity index (χ3v) is 28.0. The summed E-state index contributed by atoms with van der Waals surface area (Å²) in [7, 11) is 3.14. The minimum atomic E-state index is -4.70. The topological polar surface area (TPSA) is 406 Å². The van der Waals surface area contributed by atoms with Gasteiger partial charge in [-0.2, -0.15) is 72.9 Å². The smallest absolute Gasteiger partial charge is 0.433 e. The number of halogens is 20. The van der Waals surface area contributed by atoms with Gasteiger partial charge in [0.25, 0.3) is 23.7 Å². The molecule has 10 aromatic heterocycles. The lowest BCUT2D eigenvalue weighted by Gasteiger charge is -2.51. The Morgan fingerprint density at radius 3 is 1.07 bits per heavy atom. The fourth-order valence-electron chi connectivity index (χ4n) is 17.9. The summed E-state index contributed by atoms with van der Waals surface area (Å²) in [5.74, 6) is -11.7. The number of anilines is 6. The normalized spacial score (nSPS) is 21.1. The molecule has 15 rings (SSSR count). The van der Waals surface area contributed by atoms with Crippen LogP contribution in [0.3, 0.4) is 0 Å². The van der Waals surface area contributed by atoms with E-state index >= 15 is 0 Å². The number of aromatic nitrogens is 15. The third kappa shape index (κ3) is 29.7. The summed E-state index contributed by atoms with van der Waals surface area (Å²) in [5.41, 5.74) is -5.45. The second kappa shape index (κ2) is 46.5. The van der Waals surface area contributed by atoms with Crippen LogP contribution in [0.1, 0.15) is 248 Å². The highest BCUT2D eigenvalue weighted by molar-refractivity contribution is 5.56. The van der Waals surface area contributed by atoms with E-state index < -0.39 is 106 Å². The van der Waals surface area contributed by atoms with Gasteiger partial charge >= 0.3 is 24.7 Å². The summed E-state index contributed by atoms with van der Waals surface area (Å²) in [6, 6.07) is 10.7. The van der Waals surface area contributed by atoms with Crippen molar-refractivity contribution in [2.75, 3.05) is 46.1 Å². The van der Waals surface area contributed by atoms with Crippen molar-refractivity contribution < 1.29 is 117 Å². The quantitative estimate of drug-likeness (QED) is 0.0111. The Morgan fingerprint density at radius 1 is 0.393 bits per heavy atom. The summed E-state index contributed by atoms with van der Waals surface area (Å²) >= 11 is 0. The first-order chi connectivity index (χ1) is 69.7. The largest absolute Gasteiger partial charge is 0.619 e. The van der Waals surface area contributed by atoms with Crippen molar-refractivity contribution in [2.24, 2.45) is 21.7 Å². The third-order valence-electron chi connectivity index (χ3n) is 28.0. The molecule has 0 aromatic carbocycles. The molecule has 5 aliphatic rings. The fraction of sp³-hybridized carbons (Fsp3) is 0.535. The maximum atomic E-state index is 13.8. The van der Waals surface area contributed by atoms with Crippen molar-refractivity contribution in [3.8, 4) is 12.1 Å². The molecule has 5 saturated carbocycles. The SMILES string of the molecule is CC(F)(F)c1cc[n+]([O-])cc1CCc1ncc(C(F)(F)F)c(N[C@@H]2C[C@@H](O)C2(C)C)n1.CC(F)(F)c1ccncc1CCc1ncc(C#N)c(N[C@@H]2C[C@@H](O)C2(C)C)n1.CC1(O)CCC(Nc2nc(NCc3cccnc3C(F)(F)F)ncc2C#N)CC1.COC1CC(Nc2nc(CCc3cnccc3C(C)(F)F)ncc2C(F)(F)F)C1(C)C.COC1CC(Nc2nc(CCc3cnccc3C(C)(F)F)ncc2C(F)(F)F)C1(C)C. The summed E-state index contributed by atoms with van der Waals surface area (Å²) in [4.78, 5) is 55.6. The number of ether oxygens (including phenoxy) is 2. The van der Waals surface area contributed by atoms with Crippen molar-refractivity contribution in [3.05, 3.63) is 235 Å². The molecule has 5 aliphatic carbocycles. The number of alkyl halides is 20. The van der Waals surface area contributed by atoms with Crippen molar-refractivity contribution in [1.29, 1.82) is 10.5 Å². The zero-order valence-corrected chi connectivity index (χ0v) is 84.5. The number of methoxy groups -OCH3 is 2. The fourth-order valence-corrected chi connectivity index (χ4v) is 17.9. The Morgan fingerprint density at radius 2 is 0.733 bits per heavy atom. The first-order valence-corrected chi connectivity index (χ1v) is 47.7. The van der Waals surface area contributed by atoms with Crippen LogP contribution in [0.25, 0.3) is 0 Å². The van der Waals surface area contributed by atoms with Crippen LogP contribution < -0.4 is 36.6 Å². The van der Waals surface area contributed by atoms with Gasteiger partial charge in [-0.05, 0) is 125 Å². The Labute approximate surface area is 852 Å². The molecule has 0 saturated heterocycles. The van der Waals surface area contributed by atoms with Crippen LogP contribution in [-0.4, -0.2) is 160 Å². The van der Waals surface area contributed by atoms with Crippen molar-refractivity contribution in [2.45, 2.75) is 308 Å². The van der Waals surface area contributed by atoms with Gasteiger partial charge in [-0.1, -0.05) is 61.5 Å². The van der Waals surface area contributed by atoms with E-state index in [0.717, 1.165) is 70.7 Å². The maximum absolute atomic E-state index is 13.8. The van der Waals surface area contributed by atoms with Crippen LogP contribution in [0.2, 0.25) is 0 Å². The first kappa shape index (κ1) is 117. The van der Waals surface area contributed by atoms with Crippen molar-refractivity contribution in [1.82, 2.24) is 69.8 Å². The number of nitriles is 2. The van der Waals surface area contributed by atoms with Gasteiger partial charge in [0.2, 0.25) is 5.95 Å². The Hall–Kier alpha value is -12.9. The van der Waals surface area contributed by atoms with Gasteiger partial charge in [-0.25, -0.2) is 80.0 Å². The van der Waals surface area contributed by atoms with E-state index in [2.05, 4.69) is 108 Å². The molecule has 150 heavy (non-hydrogen) atoms. The molecule has 4 unspecified atom stereocenters. The Balaban J connectivity index is 0.000000178.